The Labute approximate surface area is 128 Å². The third-order valence-corrected chi connectivity index (χ3v) is 4.46. The van der Waals surface area contributed by atoms with Gasteiger partial charge in [0, 0.05) is 0 Å². The maximum absolute atomic E-state index is 12.8. The van der Waals surface area contributed by atoms with E-state index in [0.717, 1.165) is 0 Å². The Morgan fingerprint density at radius 1 is 1.05 bits per heavy atom. The van der Waals surface area contributed by atoms with Gasteiger partial charge in [-0.3, -0.25) is 19.3 Å². The van der Waals surface area contributed by atoms with E-state index in [1.807, 2.05) is 19.1 Å². The van der Waals surface area contributed by atoms with Crippen LogP contribution in [0, 0.1) is 23.7 Å². The number of imide groups is 1. The lowest BCUT2D eigenvalue weighted by Crippen LogP contribution is -2.37. The number of allylic oxidation sites excluding steroid dienone is 1. The van der Waals surface area contributed by atoms with Gasteiger partial charge >= 0.3 is 5.97 Å². The quantitative estimate of drug-likeness (QED) is 0.474. The van der Waals surface area contributed by atoms with Crippen LogP contribution in [0.4, 0.5) is 5.69 Å². The molecule has 0 aromatic heterocycles. The summed E-state index contributed by atoms with van der Waals surface area (Å²) in [4.78, 5) is 38.7. The minimum atomic E-state index is -0.698. The molecule has 0 saturated carbocycles. The first-order valence-electron chi connectivity index (χ1n) is 7.25. The second-order valence-electron chi connectivity index (χ2n) is 5.69. The zero-order chi connectivity index (χ0) is 15.9. The topological polar surface area (TPSA) is 63.7 Å². The molecule has 1 fully saturated rings. The second kappa shape index (κ2) is 5.40. The molecule has 2 aliphatic rings. The van der Waals surface area contributed by atoms with E-state index in [1.165, 1.54) is 12.0 Å². The first-order chi connectivity index (χ1) is 10.6. The maximum Gasteiger partial charge on any atom is 0.313 e. The highest BCUT2D eigenvalue weighted by atomic mass is 16.5. The summed E-state index contributed by atoms with van der Waals surface area (Å²) in [5, 5.41) is 0. The molecular formula is C17H17NO4. The van der Waals surface area contributed by atoms with Crippen molar-refractivity contribution in [2.45, 2.75) is 6.92 Å². The van der Waals surface area contributed by atoms with E-state index in [0.29, 0.717) is 5.69 Å². The van der Waals surface area contributed by atoms with Gasteiger partial charge in [0.2, 0.25) is 11.8 Å². The second-order valence-corrected chi connectivity index (χ2v) is 5.69. The highest BCUT2D eigenvalue weighted by molar-refractivity contribution is 6.23. The van der Waals surface area contributed by atoms with E-state index in [1.54, 1.807) is 30.3 Å². The highest BCUT2D eigenvalue weighted by Crippen LogP contribution is 2.43. The van der Waals surface area contributed by atoms with E-state index in [2.05, 4.69) is 0 Å². The number of fused-ring (bicyclic) bond motifs is 1. The summed E-state index contributed by atoms with van der Waals surface area (Å²) >= 11 is 0. The Kier molecular flexibility index (Phi) is 3.56. The van der Waals surface area contributed by atoms with Crippen molar-refractivity contribution in [2.24, 2.45) is 23.7 Å². The van der Waals surface area contributed by atoms with Crippen molar-refractivity contribution >= 4 is 23.5 Å². The number of hydrogen-bond donors (Lipinski definition) is 0. The molecule has 0 N–H and O–H groups in total. The third kappa shape index (κ3) is 2.04. The van der Waals surface area contributed by atoms with Crippen LogP contribution in [0.25, 0.3) is 0 Å². The third-order valence-electron chi connectivity index (χ3n) is 4.46. The molecule has 5 heteroatoms. The van der Waals surface area contributed by atoms with Crippen molar-refractivity contribution in [3.8, 4) is 0 Å². The van der Waals surface area contributed by atoms with Gasteiger partial charge in [-0.1, -0.05) is 37.3 Å². The molecule has 1 aliphatic carbocycles. The number of ether oxygens (including phenoxy) is 1. The Morgan fingerprint density at radius 2 is 1.68 bits per heavy atom. The molecule has 0 bridgehead atoms. The van der Waals surface area contributed by atoms with Crippen molar-refractivity contribution in [1.29, 1.82) is 0 Å². The molecule has 22 heavy (non-hydrogen) atoms. The molecule has 0 radical (unpaired) electrons. The lowest BCUT2D eigenvalue weighted by atomic mass is 9.72. The number of benzene rings is 1. The number of anilines is 1. The molecule has 1 aromatic carbocycles. The minimum Gasteiger partial charge on any atom is -0.469 e. The van der Waals surface area contributed by atoms with Crippen LogP contribution in [0.2, 0.25) is 0 Å². The number of carbonyl (C=O) groups is 3. The fraction of sp³-hybridized carbons (Fsp3) is 0.353. The van der Waals surface area contributed by atoms with Gasteiger partial charge in [0.05, 0.1) is 30.6 Å². The van der Waals surface area contributed by atoms with Crippen LogP contribution < -0.4 is 4.90 Å². The molecule has 2 amide bonds. The molecule has 3 rings (SSSR count). The van der Waals surface area contributed by atoms with Crippen LogP contribution in [0.5, 0.6) is 0 Å². The van der Waals surface area contributed by atoms with Gasteiger partial charge < -0.3 is 4.74 Å². The van der Waals surface area contributed by atoms with Crippen LogP contribution >= 0.6 is 0 Å². The van der Waals surface area contributed by atoms with Crippen molar-refractivity contribution in [3.05, 3.63) is 42.5 Å². The molecule has 0 spiro atoms. The predicted molar refractivity (Wildman–Crippen MR) is 79.7 cm³/mol. The molecule has 1 aliphatic heterocycles. The van der Waals surface area contributed by atoms with E-state index >= 15 is 0 Å². The van der Waals surface area contributed by atoms with Gasteiger partial charge in [-0.05, 0) is 18.1 Å². The summed E-state index contributed by atoms with van der Waals surface area (Å²) in [6.45, 7) is 1.89. The molecule has 114 valence electrons. The summed E-state index contributed by atoms with van der Waals surface area (Å²) < 4.78 is 4.79. The first kappa shape index (κ1) is 14.5. The Balaban J connectivity index is 2.03. The summed E-state index contributed by atoms with van der Waals surface area (Å²) in [7, 11) is 1.29. The maximum atomic E-state index is 12.8. The lowest BCUT2D eigenvalue weighted by molar-refractivity contribution is -0.148. The molecule has 4 unspecified atom stereocenters. The molecule has 4 atom stereocenters. The van der Waals surface area contributed by atoms with Crippen molar-refractivity contribution in [2.75, 3.05) is 12.0 Å². The smallest absolute Gasteiger partial charge is 0.313 e. The zero-order valence-electron chi connectivity index (χ0n) is 12.4. The minimum absolute atomic E-state index is 0.0870. The fourth-order valence-corrected chi connectivity index (χ4v) is 3.37. The van der Waals surface area contributed by atoms with Crippen LogP contribution in [-0.4, -0.2) is 24.9 Å². The van der Waals surface area contributed by atoms with Crippen molar-refractivity contribution < 1.29 is 19.1 Å². The number of para-hydroxylation sites is 1. The molecule has 1 saturated heterocycles. The van der Waals surface area contributed by atoms with E-state index < -0.39 is 23.7 Å². The Hall–Kier alpha value is -2.43. The molecular weight excluding hydrogens is 282 g/mol. The van der Waals surface area contributed by atoms with Gasteiger partial charge in [-0.25, -0.2) is 0 Å². The summed E-state index contributed by atoms with van der Waals surface area (Å²) in [5.41, 5.74) is 0.544. The molecule has 1 aromatic rings. The Morgan fingerprint density at radius 3 is 2.32 bits per heavy atom. The van der Waals surface area contributed by atoms with Crippen molar-refractivity contribution in [1.82, 2.24) is 0 Å². The summed E-state index contributed by atoms with van der Waals surface area (Å²) in [6.07, 6.45) is 3.51. The monoisotopic (exact) mass is 299 g/mol. The fourth-order valence-electron chi connectivity index (χ4n) is 3.37. The van der Waals surface area contributed by atoms with Gasteiger partial charge in [-0.15, -0.1) is 0 Å². The number of methoxy groups -OCH3 is 1. The van der Waals surface area contributed by atoms with E-state index in [9.17, 15) is 14.4 Å². The average Bonchev–Trinajstić information content (AvgIpc) is 2.80. The van der Waals surface area contributed by atoms with Crippen LogP contribution in [0.1, 0.15) is 6.92 Å². The van der Waals surface area contributed by atoms with Crippen molar-refractivity contribution in [3.63, 3.8) is 0 Å². The number of esters is 1. The van der Waals surface area contributed by atoms with Crippen LogP contribution in [-0.2, 0) is 19.1 Å². The standard InChI is InChI=1S/C17H17NO4/c1-10-8-9-12(17(21)22-2)14-13(10)15(19)18(16(14)20)11-6-4-3-5-7-11/h3-10,12-14H,1-2H3. The molecule has 5 nitrogen and oxygen atoms in total. The van der Waals surface area contributed by atoms with E-state index in [-0.39, 0.29) is 17.7 Å². The summed E-state index contributed by atoms with van der Waals surface area (Å²) in [6, 6.07) is 8.81. The first-order valence-corrected chi connectivity index (χ1v) is 7.25. The average molecular weight is 299 g/mol. The predicted octanol–water partition coefficient (Wildman–Crippen LogP) is 1.79. The largest absolute Gasteiger partial charge is 0.469 e. The SMILES string of the molecule is COC(=O)C1C=CC(C)C2C(=O)N(c3ccccc3)C(=O)C12. The number of amides is 2. The Bertz CT molecular complexity index is 652. The van der Waals surface area contributed by atoms with Gasteiger partial charge in [0.1, 0.15) is 0 Å². The zero-order valence-corrected chi connectivity index (χ0v) is 12.4. The highest BCUT2D eigenvalue weighted by Gasteiger charge is 2.55. The number of carbonyl (C=O) groups excluding carboxylic acids is 3. The van der Waals surface area contributed by atoms with Gasteiger partial charge in [-0.2, -0.15) is 0 Å². The van der Waals surface area contributed by atoms with E-state index in [4.69, 9.17) is 4.74 Å². The summed E-state index contributed by atoms with van der Waals surface area (Å²) in [5.74, 6) is -3.02. The lowest BCUT2D eigenvalue weighted by Gasteiger charge is -2.28. The van der Waals surface area contributed by atoms with Gasteiger partial charge in [0.25, 0.3) is 0 Å². The molecule has 1 heterocycles. The van der Waals surface area contributed by atoms with Crippen LogP contribution in [0.15, 0.2) is 42.5 Å². The number of rotatable bonds is 2. The van der Waals surface area contributed by atoms with Crippen LogP contribution in [0.3, 0.4) is 0 Å². The van der Waals surface area contributed by atoms with Gasteiger partial charge in [0.15, 0.2) is 0 Å². The number of hydrogen-bond acceptors (Lipinski definition) is 4. The normalized spacial score (nSPS) is 30.4. The number of nitrogens with zero attached hydrogens (tertiary/aromatic N) is 1.